The lowest BCUT2D eigenvalue weighted by Gasteiger charge is -2.40. The lowest BCUT2D eigenvalue weighted by molar-refractivity contribution is -0.302. The quantitative estimate of drug-likeness (QED) is 0.0261. The molecule has 0 radical (unpaired) electrons. The van der Waals surface area contributed by atoms with Crippen LogP contribution < -0.4 is 5.32 Å². The second kappa shape index (κ2) is 61.4. The first kappa shape index (κ1) is 77.3. The Labute approximate surface area is 509 Å². The van der Waals surface area contributed by atoms with Gasteiger partial charge in [0.05, 0.1) is 25.4 Å². The number of rotatable bonds is 57. The van der Waals surface area contributed by atoms with Crippen molar-refractivity contribution in [3.05, 3.63) is 134 Å². The molecule has 1 heterocycles. The highest BCUT2D eigenvalue weighted by Gasteiger charge is 2.44. The maximum atomic E-state index is 13.1. The van der Waals surface area contributed by atoms with E-state index in [1.807, 2.05) is 0 Å². The van der Waals surface area contributed by atoms with Crippen LogP contribution in [0, 0.1) is 0 Å². The summed E-state index contributed by atoms with van der Waals surface area (Å²) >= 11 is 0. The fraction of sp³-hybridized carbons (Fsp3) is 0.689. The maximum absolute atomic E-state index is 13.1. The van der Waals surface area contributed by atoms with E-state index in [1.54, 1.807) is 0 Å². The summed E-state index contributed by atoms with van der Waals surface area (Å²) in [6.45, 7) is 3.73. The van der Waals surface area contributed by atoms with Gasteiger partial charge >= 0.3 is 0 Å². The molecule has 0 aromatic heterocycles. The van der Waals surface area contributed by atoms with E-state index in [4.69, 9.17) is 9.47 Å². The predicted molar refractivity (Wildman–Crippen MR) is 354 cm³/mol. The number of ether oxygens (including phenoxy) is 2. The predicted octanol–water partition coefficient (Wildman–Crippen LogP) is 18.4. The van der Waals surface area contributed by atoms with Crippen LogP contribution in [0.25, 0.3) is 0 Å². The molecular weight excluding hydrogens is 1030 g/mol. The molecule has 7 unspecified atom stereocenters. The first-order chi connectivity index (χ1) is 40.8. The zero-order valence-corrected chi connectivity index (χ0v) is 52.9. The zero-order valence-electron chi connectivity index (χ0n) is 52.9. The molecule has 0 aromatic rings. The smallest absolute Gasteiger partial charge is 0.220 e. The van der Waals surface area contributed by atoms with Gasteiger partial charge in [0, 0.05) is 6.42 Å². The Morgan fingerprint density at radius 2 is 0.747 bits per heavy atom. The van der Waals surface area contributed by atoms with Gasteiger partial charge in [-0.1, -0.05) is 302 Å². The summed E-state index contributed by atoms with van der Waals surface area (Å²) in [6.07, 6.45) is 86.4. The van der Waals surface area contributed by atoms with Crippen LogP contribution in [0.4, 0.5) is 0 Å². The monoisotopic (exact) mass is 1160 g/mol. The molecule has 1 saturated heterocycles. The minimum absolute atomic E-state index is 0.149. The van der Waals surface area contributed by atoms with Gasteiger partial charge in [0.2, 0.25) is 5.91 Å². The number of aliphatic hydroxyl groups excluding tert-OH is 5. The van der Waals surface area contributed by atoms with Crippen LogP contribution in [0.1, 0.15) is 271 Å². The van der Waals surface area contributed by atoms with E-state index >= 15 is 0 Å². The molecule has 0 aliphatic carbocycles. The van der Waals surface area contributed by atoms with Crippen molar-refractivity contribution in [1.82, 2.24) is 5.32 Å². The van der Waals surface area contributed by atoms with E-state index in [-0.39, 0.29) is 12.5 Å². The highest BCUT2D eigenvalue weighted by Crippen LogP contribution is 2.23. The van der Waals surface area contributed by atoms with Crippen LogP contribution in [0.5, 0.6) is 0 Å². The summed E-state index contributed by atoms with van der Waals surface area (Å²) in [6, 6.07) is -0.735. The van der Waals surface area contributed by atoms with Crippen LogP contribution in [0.2, 0.25) is 0 Å². The Morgan fingerprint density at radius 3 is 1.11 bits per heavy atom. The summed E-state index contributed by atoms with van der Waals surface area (Å²) in [5.41, 5.74) is 0. The Bertz CT molecular complexity index is 1770. The number of hydrogen-bond donors (Lipinski definition) is 6. The molecule has 0 bridgehead atoms. The Hall–Kier alpha value is -3.67. The molecule has 0 spiro atoms. The number of unbranched alkanes of at least 4 members (excludes halogenated alkanes) is 25. The van der Waals surface area contributed by atoms with E-state index in [0.29, 0.717) is 12.8 Å². The third-order valence-electron chi connectivity index (χ3n) is 15.3. The molecule has 7 atom stereocenters. The number of amides is 1. The SMILES string of the molecule is CC/C=C\C/C=C\C/C=C\C/C=C\C/C=C\C/C=C\C/C=C\C/C=C\C/C=C\C/C=C\C/C=C\CCCCCCCCCC(=O)NC(COC1OC(CO)C(O)C(O)C1O)C(O)CCCCCCCCCCCCCCCCCCCCC. The Balaban J connectivity index is 2.15. The third-order valence-corrected chi connectivity index (χ3v) is 15.3. The van der Waals surface area contributed by atoms with Gasteiger partial charge in [-0.05, 0) is 96.3 Å². The fourth-order valence-corrected chi connectivity index (χ4v) is 9.99. The highest BCUT2D eigenvalue weighted by atomic mass is 16.7. The zero-order chi connectivity index (χ0) is 60.0. The lowest BCUT2D eigenvalue weighted by atomic mass is 9.99. The van der Waals surface area contributed by atoms with Crippen LogP contribution in [-0.2, 0) is 14.3 Å². The van der Waals surface area contributed by atoms with Gasteiger partial charge in [0.25, 0.3) is 0 Å². The summed E-state index contributed by atoms with van der Waals surface area (Å²) in [7, 11) is 0. The second-order valence-corrected chi connectivity index (χ2v) is 22.9. The minimum atomic E-state index is -1.56. The highest BCUT2D eigenvalue weighted by molar-refractivity contribution is 5.76. The van der Waals surface area contributed by atoms with Crippen molar-refractivity contribution in [3.8, 4) is 0 Å². The molecule has 1 amide bonds. The molecule has 0 saturated carbocycles. The van der Waals surface area contributed by atoms with E-state index in [2.05, 4.69) is 153 Å². The number of aliphatic hydroxyl groups is 5. The number of carbonyl (C=O) groups is 1. The normalized spacial score (nSPS) is 19.1. The molecule has 9 nitrogen and oxygen atoms in total. The first-order valence-electron chi connectivity index (χ1n) is 33.9. The summed E-state index contributed by atoms with van der Waals surface area (Å²) in [5.74, 6) is -0.158. The Kier molecular flexibility index (Phi) is 57.2. The van der Waals surface area contributed by atoms with Crippen molar-refractivity contribution in [3.63, 3.8) is 0 Å². The van der Waals surface area contributed by atoms with E-state index in [1.165, 1.54) is 122 Å². The minimum Gasteiger partial charge on any atom is -0.394 e. The Morgan fingerprint density at radius 1 is 0.422 bits per heavy atom. The van der Waals surface area contributed by atoms with Gasteiger partial charge in [-0.25, -0.2) is 0 Å². The standard InChI is InChI=1S/C74H125NO8/c1-3-5-7-9-11-13-15-17-19-21-23-24-25-26-27-28-29-30-31-32-33-34-35-36-37-38-39-40-41-42-43-44-46-48-50-52-54-56-58-60-62-64-70(78)75-67(66-82-74-73(81)72(80)71(79)69(65-76)83-74)68(77)63-61-59-57-55-53-51-49-47-45-22-20-18-16-14-12-10-8-6-4-2/h5,7,11,13,17,19,23-24,26-27,29-30,32-33,35-36,38-39,41-42,44,46,67-69,71-74,76-77,79-81H,3-4,6,8-10,12,14-16,18,20-22,25,28,31,34,37,40,43,45,47-66H2,1-2H3,(H,75,78)/b7-5-,13-11-,19-17-,24-23-,27-26-,30-29-,33-32-,36-35-,39-38-,42-41-,46-44-. The summed E-state index contributed by atoms with van der Waals surface area (Å²) in [4.78, 5) is 13.1. The van der Waals surface area contributed by atoms with Crippen LogP contribution >= 0.6 is 0 Å². The number of allylic oxidation sites excluding steroid dienone is 22. The van der Waals surface area contributed by atoms with E-state index in [9.17, 15) is 30.3 Å². The van der Waals surface area contributed by atoms with Crippen molar-refractivity contribution in [2.75, 3.05) is 13.2 Å². The fourth-order valence-electron chi connectivity index (χ4n) is 9.99. The van der Waals surface area contributed by atoms with Gasteiger partial charge in [-0.2, -0.15) is 0 Å². The molecular formula is C74H125NO8. The number of carbonyl (C=O) groups excluding carboxylic acids is 1. The first-order valence-corrected chi connectivity index (χ1v) is 33.9. The third kappa shape index (κ3) is 50.2. The number of hydrogen-bond acceptors (Lipinski definition) is 8. The summed E-state index contributed by atoms with van der Waals surface area (Å²) in [5, 5.41) is 54.8. The largest absolute Gasteiger partial charge is 0.394 e. The van der Waals surface area contributed by atoms with E-state index in [0.717, 1.165) is 122 Å². The van der Waals surface area contributed by atoms with E-state index < -0.39 is 49.5 Å². The van der Waals surface area contributed by atoms with Crippen molar-refractivity contribution < 1.29 is 39.8 Å². The molecule has 6 N–H and O–H groups in total. The lowest BCUT2D eigenvalue weighted by Crippen LogP contribution is -2.60. The van der Waals surface area contributed by atoms with Crippen molar-refractivity contribution in [2.24, 2.45) is 0 Å². The molecule has 83 heavy (non-hydrogen) atoms. The van der Waals surface area contributed by atoms with Crippen LogP contribution in [0.3, 0.4) is 0 Å². The average molecular weight is 1160 g/mol. The van der Waals surface area contributed by atoms with Gasteiger partial charge in [-0.3, -0.25) is 4.79 Å². The van der Waals surface area contributed by atoms with Crippen LogP contribution in [-0.4, -0.2) is 87.5 Å². The second-order valence-electron chi connectivity index (χ2n) is 22.9. The van der Waals surface area contributed by atoms with Crippen LogP contribution in [0.15, 0.2) is 134 Å². The van der Waals surface area contributed by atoms with Gasteiger partial charge < -0.3 is 40.3 Å². The molecule has 1 rings (SSSR count). The van der Waals surface area contributed by atoms with Crippen molar-refractivity contribution >= 4 is 5.91 Å². The van der Waals surface area contributed by atoms with Gasteiger partial charge in [0.1, 0.15) is 24.4 Å². The van der Waals surface area contributed by atoms with Crippen molar-refractivity contribution in [1.29, 1.82) is 0 Å². The van der Waals surface area contributed by atoms with Gasteiger partial charge in [-0.15, -0.1) is 0 Å². The average Bonchev–Trinajstić information content (AvgIpc) is 3.61. The van der Waals surface area contributed by atoms with Gasteiger partial charge in [0.15, 0.2) is 6.29 Å². The number of nitrogens with one attached hydrogen (secondary N) is 1. The molecule has 1 aliphatic rings. The molecule has 9 heteroatoms. The molecule has 474 valence electrons. The molecule has 0 aromatic carbocycles. The van der Waals surface area contributed by atoms with Crippen molar-refractivity contribution in [2.45, 2.75) is 314 Å². The topological polar surface area (TPSA) is 149 Å². The maximum Gasteiger partial charge on any atom is 0.220 e. The molecule has 1 aliphatic heterocycles. The summed E-state index contributed by atoms with van der Waals surface area (Å²) < 4.78 is 11.3. The molecule has 1 fully saturated rings.